The zero-order valence-electron chi connectivity index (χ0n) is 9.79. The average Bonchev–Trinajstić information content (AvgIpc) is 2.35. The van der Waals surface area contributed by atoms with Gasteiger partial charge in [0.2, 0.25) is 0 Å². The summed E-state index contributed by atoms with van der Waals surface area (Å²) >= 11 is 0. The average molecular weight is 218 g/mol. The highest BCUT2D eigenvalue weighted by Gasteiger charge is 2.13. The minimum absolute atomic E-state index is 0.259. The third kappa shape index (κ3) is 2.43. The lowest BCUT2D eigenvalue weighted by atomic mass is 9.99. The van der Waals surface area contributed by atoms with Gasteiger partial charge in [0.15, 0.2) is 5.78 Å². The molecule has 0 saturated heterocycles. The van der Waals surface area contributed by atoms with Gasteiger partial charge in [-0.15, -0.1) is 0 Å². The van der Waals surface area contributed by atoms with Crippen LogP contribution in [0.2, 0.25) is 0 Å². The van der Waals surface area contributed by atoms with Crippen molar-refractivity contribution in [1.29, 1.82) is 0 Å². The van der Waals surface area contributed by atoms with Crippen molar-refractivity contribution in [2.75, 3.05) is 6.61 Å². The lowest BCUT2D eigenvalue weighted by molar-refractivity contribution is 0.0979. The van der Waals surface area contributed by atoms with Crippen LogP contribution >= 0.6 is 0 Å². The monoisotopic (exact) mass is 218 g/mol. The van der Waals surface area contributed by atoms with Crippen molar-refractivity contribution < 1.29 is 9.53 Å². The summed E-state index contributed by atoms with van der Waals surface area (Å²) in [6, 6.07) is 5.84. The van der Waals surface area contributed by atoms with Gasteiger partial charge in [-0.25, -0.2) is 0 Å². The van der Waals surface area contributed by atoms with E-state index in [2.05, 4.69) is 6.92 Å². The fourth-order valence-electron chi connectivity index (χ4n) is 2.02. The normalized spacial score (nSPS) is 14.1. The number of carbonyl (C=O) groups excluding carboxylic acids is 1. The third-order valence-electron chi connectivity index (χ3n) is 2.99. The fraction of sp³-hybridized carbons (Fsp3) is 0.500. The number of fused-ring (bicyclic) bond motifs is 1. The Morgan fingerprint density at radius 1 is 1.44 bits per heavy atom. The Balaban J connectivity index is 2.13. The van der Waals surface area contributed by atoms with E-state index in [1.807, 2.05) is 18.2 Å². The molecule has 0 aromatic heterocycles. The molecule has 1 aliphatic rings. The number of rotatable bonds is 4. The van der Waals surface area contributed by atoms with Crippen LogP contribution in [-0.4, -0.2) is 12.4 Å². The molecule has 0 unspecified atom stereocenters. The number of carbonyl (C=O) groups is 1. The molecule has 16 heavy (non-hydrogen) atoms. The Morgan fingerprint density at radius 3 is 3.12 bits per heavy atom. The van der Waals surface area contributed by atoms with Crippen molar-refractivity contribution in [2.45, 2.75) is 39.0 Å². The largest absolute Gasteiger partial charge is 0.493 e. The summed E-state index contributed by atoms with van der Waals surface area (Å²) in [6.07, 6.45) is 4.80. The number of unbranched alkanes of at least 4 members (excludes halogenated alkanes) is 1. The Hall–Kier alpha value is -1.31. The first-order valence-corrected chi connectivity index (χ1v) is 6.10. The van der Waals surface area contributed by atoms with E-state index >= 15 is 0 Å². The minimum atomic E-state index is 0.259. The summed E-state index contributed by atoms with van der Waals surface area (Å²) in [4.78, 5) is 11.8. The molecule has 0 N–H and O–H groups in total. The van der Waals surface area contributed by atoms with Crippen molar-refractivity contribution in [1.82, 2.24) is 0 Å². The van der Waals surface area contributed by atoms with Gasteiger partial charge in [-0.1, -0.05) is 13.3 Å². The van der Waals surface area contributed by atoms with Crippen LogP contribution in [0.5, 0.6) is 5.75 Å². The van der Waals surface area contributed by atoms with Crippen LogP contribution in [0, 0.1) is 0 Å². The van der Waals surface area contributed by atoms with Crippen LogP contribution in [0.1, 0.15) is 48.5 Å². The number of Topliss-reactive ketones (excluding diaryl/α,β-unsaturated/α-hetero) is 1. The molecule has 0 spiro atoms. The molecule has 0 fully saturated rings. The smallest absolute Gasteiger partial charge is 0.162 e. The maximum Gasteiger partial charge on any atom is 0.162 e. The second-order valence-electron chi connectivity index (χ2n) is 4.30. The lowest BCUT2D eigenvalue weighted by Crippen LogP contribution is -2.09. The van der Waals surface area contributed by atoms with Gasteiger partial charge in [-0.3, -0.25) is 4.79 Å². The molecule has 0 amide bonds. The summed E-state index contributed by atoms with van der Waals surface area (Å²) in [7, 11) is 0. The van der Waals surface area contributed by atoms with Gasteiger partial charge < -0.3 is 4.74 Å². The number of aryl methyl sites for hydroxylation is 1. The van der Waals surface area contributed by atoms with Crippen molar-refractivity contribution in [2.24, 2.45) is 0 Å². The molecule has 2 rings (SSSR count). The van der Waals surface area contributed by atoms with Crippen LogP contribution in [0.4, 0.5) is 0 Å². The van der Waals surface area contributed by atoms with E-state index in [1.54, 1.807) is 0 Å². The van der Waals surface area contributed by atoms with Gasteiger partial charge in [0.05, 0.1) is 6.61 Å². The van der Waals surface area contributed by atoms with Crippen LogP contribution in [0.25, 0.3) is 0 Å². The van der Waals surface area contributed by atoms with E-state index in [9.17, 15) is 4.79 Å². The predicted molar refractivity (Wildman–Crippen MR) is 64.1 cm³/mol. The molecule has 0 radical (unpaired) electrons. The summed E-state index contributed by atoms with van der Waals surface area (Å²) in [6.45, 7) is 2.91. The summed E-state index contributed by atoms with van der Waals surface area (Å²) < 4.78 is 5.53. The molecule has 2 nitrogen and oxygen atoms in total. The van der Waals surface area contributed by atoms with Crippen molar-refractivity contribution in [3.8, 4) is 5.75 Å². The van der Waals surface area contributed by atoms with E-state index in [0.717, 1.165) is 43.6 Å². The summed E-state index contributed by atoms with van der Waals surface area (Å²) in [5.74, 6) is 1.22. The summed E-state index contributed by atoms with van der Waals surface area (Å²) in [5.41, 5.74) is 2.03. The Morgan fingerprint density at radius 2 is 2.31 bits per heavy atom. The highest BCUT2D eigenvalue weighted by molar-refractivity contribution is 5.96. The lowest BCUT2D eigenvalue weighted by Gasteiger charge is -2.17. The predicted octanol–water partition coefficient (Wildman–Crippen LogP) is 3.38. The maximum absolute atomic E-state index is 11.8. The molecule has 0 aliphatic carbocycles. The standard InChI is InChI=1S/C14H18O2/c1-2-3-6-13(15)11-7-8-14-12(10-11)5-4-9-16-14/h7-8,10H,2-6,9H2,1H3. The zero-order valence-corrected chi connectivity index (χ0v) is 9.79. The molecule has 0 atom stereocenters. The first-order chi connectivity index (χ1) is 7.81. The van der Waals surface area contributed by atoms with E-state index in [0.29, 0.717) is 6.42 Å². The van der Waals surface area contributed by atoms with Crippen LogP contribution in [-0.2, 0) is 6.42 Å². The highest BCUT2D eigenvalue weighted by Crippen LogP contribution is 2.26. The topological polar surface area (TPSA) is 26.3 Å². The second-order valence-corrected chi connectivity index (χ2v) is 4.30. The van der Waals surface area contributed by atoms with Crippen molar-refractivity contribution in [3.05, 3.63) is 29.3 Å². The Kier molecular flexibility index (Phi) is 3.60. The number of hydrogen-bond acceptors (Lipinski definition) is 2. The van der Waals surface area contributed by atoms with Gasteiger partial charge in [0.25, 0.3) is 0 Å². The SMILES string of the molecule is CCCCC(=O)c1ccc2c(c1)CCCO2. The molecule has 1 aromatic rings. The Labute approximate surface area is 96.6 Å². The van der Waals surface area contributed by atoms with Crippen molar-refractivity contribution in [3.63, 3.8) is 0 Å². The fourth-order valence-corrected chi connectivity index (χ4v) is 2.02. The van der Waals surface area contributed by atoms with Gasteiger partial charge in [-0.05, 0) is 43.0 Å². The van der Waals surface area contributed by atoms with Crippen LogP contribution in [0.3, 0.4) is 0 Å². The van der Waals surface area contributed by atoms with Crippen molar-refractivity contribution >= 4 is 5.78 Å². The second kappa shape index (κ2) is 5.15. The first kappa shape index (κ1) is 11.2. The molecule has 1 heterocycles. The van der Waals surface area contributed by atoms with Gasteiger partial charge >= 0.3 is 0 Å². The molecular weight excluding hydrogens is 200 g/mol. The van der Waals surface area contributed by atoms with Gasteiger partial charge in [0.1, 0.15) is 5.75 Å². The number of ether oxygens (including phenoxy) is 1. The van der Waals surface area contributed by atoms with E-state index in [1.165, 1.54) is 5.56 Å². The molecule has 0 saturated carbocycles. The molecule has 2 heteroatoms. The number of ketones is 1. The van der Waals surface area contributed by atoms with Crippen LogP contribution < -0.4 is 4.74 Å². The quantitative estimate of drug-likeness (QED) is 0.724. The third-order valence-corrected chi connectivity index (χ3v) is 2.99. The van der Waals surface area contributed by atoms with E-state index < -0.39 is 0 Å². The van der Waals surface area contributed by atoms with Gasteiger partial charge in [-0.2, -0.15) is 0 Å². The molecule has 1 aromatic carbocycles. The summed E-state index contributed by atoms with van der Waals surface area (Å²) in [5, 5.41) is 0. The van der Waals surface area contributed by atoms with E-state index in [-0.39, 0.29) is 5.78 Å². The molecule has 0 bridgehead atoms. The van der Waals surface area contributed by atoms with E-state index in [4.69, 9.17) is 4.74 Å². The highest BCUT2D eigenvalue weighted by atomic mass is 16.5. The number of hydrogen-bond donors (Lipinski definition) is 0. The maximum atomic E-state index is 11.8. The Bertz CT molecular complexity index is 382. The first-order valence-electron chi connectivity index (χ1n) is 6.10. The molecule has 1 aliphatic heterocycles. The number of benzene rings is 1. The minimum Gasteiger partial charge on any atom is -0.493 e. The molecule has 86 valence electrons. The zero-order chi connectivity index (χ0) is 11.4. The van der Waals surface area contributed by atoms with Gasteiger partial charge in [0, 0.05) is 12.0 Å². The van der Waals surface area contributed by atoms with Crippen LogP contribution in [0.15, 0.2) is 18.2 Å². The molecular formula is C14H18O2.